The van der Waals surface area contributed by atoms with Crippen LogP contribution in [0.2, 0.25) is 10.0 Å². The molecule has 0 atom stereocenters. The minimum absolute atomic E-state index is 0.278. The lowest BCUT2D eigenvalue weighted by atomic mass is 10.2. The lowest BCUT2D eigenvalue weighted by Crippen LogP contribution is -2.17. The normalized spacial score (nSPS) is 11.8. The van der Waals surface area contributed by atoms with Gasteiger partial charge in [-0.3, -0.25) is 4.79 Å². The van der Waals surface area contributed by atoms with Crippen molar-refractivity contribution >= 4 is 50.7 Å². The summed E-state index contributed by atoms with van der Waals surface area (Å²) < 4.78 is 13.7. The highest BCUT2D eigenvalue weighted by Crippen LogP contribution is 2.33. The van der Waals surface area contributed by atoms with Crippen LogP contribution in [0.25, 0.3) is 10.2 Å². The number of fused-ring (bicyclic) bond motifs is 1. The summed E-state index contributed by atoms with van der Waals surface area (Å²) in [6.45, 7) is 2.78. The van der Waals surface area contributed by atoms with E-state index in [0.29, 0.717) is 32.9 Å². The van der Waals surface area contributed by atoms with Crippen LogP contribution in [0.4, 0.5) is 0 Å². The fraction of sp³-hybridized carbons (Fsp3) is 0.263. The van der Waals surface area contributed by atoms with Crippen molar-refractivity contribution in [3.05, 3.63) is 50.7 Å². The van der Waals surface area contributed by atoms with Gasteiger partial charge in [0.05, 0.1) is 35.0 Å². The molecule has 0 aliphatic rings. The first-order chi connectivity index (χ1) is 13.0. The molecule has 27 heavy (non-hydrogen) atoms. The van der Waals surface area contributed by atoms with Crippen LogP contribution in [0.15, 0.2) is 35.3 Å². The van der Waals surface area contributed by atoms with E-state index >= 15 is 0 Å². The second-order valence-corrected chi connectivity index (χ2v) is 7.61. The number of rotatable bonds is 5. The topological polar surface area (TPSA) is 52.8 Å². The Labute approximate surface area is 170 Å². The number of hydrogen-bond acceptors (Lipinski definition) is 4. The molecule has 0 bridgehead atoms. The maximum absolute atomic E-state index is 12.7. The van der Waals surface area contributed by atoms with Crippen molar-refractivity contribution in [2.45, 2.75) is 19.9 Å². The number of aryl methyl sites for hydroxylation is 1. The van der Waals surface area contributed by atoms with Gasteiger partial charge in [-0.05, 0) is 24.6 Å². The van der Waals surface area contributed by atoms with E-state index < -0.39 is 5.91 Å². The van der Waals surface area contributed by atoms with Gasteiger partial charge < -0.3 is 14.0 Å². The van der Waals surface area contributed by atoms with Gasteiger partial charge >= 0.3 is 0 Å². The highest BCUT2D eigenvalue weighted by molar-refractivity contribution is 7.16. The first-order valence-corrected chi connectivity index (χ1v) is 9.85. The molecule has 0 saturated carbocycles. The van der Waals surface area contributed by atoms with Crippen molar-refractivity contribution in [3.63, 3.8) is 0 Å². The van der Waals surface area contributed by atoms with E-state index in [0.717, 1.165) is 16.6 Å². The highest BCUT2D eigenvalue weighted by atomic mass is 35.5. The summed E-state index contributed by atoms with van der Waals surface area (Å²) in [5.41, 5.74) is 1.21. The molecule has 2 aromatic carbocycles. The third-order valence-corrected chi connectivity index (χ3v) is 5.60. The first-order valence-electron chi connectivity index (χ1n) is 8.28. The van der Waals surface area contributed by atoms with E-state index in [2.05, 4.69) is 11.9 Å². The molecule has 0 aliphatic heterocycles. The molecule has 8 heteroatoms. The number of halogens is 2. The molecule has 3 aromatic rings. The van der Waals surface area contributed by atoms with Gasteiger partial charge in [0.2, 0.25) is 0 Å². The zero-order valence-corrected chi connectivity index (χ0v) is 17.4. The Hall–Kier alpha value is -2.02. The van der Waals surface area contributed by atoms with Crippen molar-refractivity contribution in [2.24, 2.45) is 4.99 Å². The third-order valence-electron chi connectivity index (χ3n) is 3.99. The van der Waals surface area contributed by atoms with Crippen molar-refractivity contribution in [1.29, 1.82) is 0 Å². The van der Waals surface area contributed by atoms with Gasteiger partial charge in [0.15, 0.2) is 16.3 Å². The van der Waals surface area contributed by atoms with Gasteiger partial charge in [-0.15, -0.1) is 0 Å². The lowest BCUT2D eigenvalue weighted by molar-refractivity contribution is 0.0998. The zero-order chi connectivity index (χ0) is 19.6. The van der Waals surface area contributed by atoms with E-state index in [-0.39, 0.29) is 5.56 Å². The molecular formula is C19H18Cl2N2O3S. The number of methoxy groups -OCH3 is 2. The fourth-order valence-electron chi connectivity index (χ4n) is 2.73. The molecular weight excluding hydrogens is 407 g/mol. The largest absolute Gasteiger partial charge is 0.493 e. The average Bonchev–Trinajstić information content (AvgIpc) is 2.98. The van der Waals surface area contributed by atoms with Crippen LogP contribution in [-0.4, -0.2) is 24.7 Å². The number of hydrogen-bond donors (Lipinski definition) is 0. The number of amides is 1. The van der Waals surface area contributed by atoms with Crippen LogP contribution >= 0.6 is 34.5 Å². The SMILES string of the molecule is CCCn1c(=NC(=O)c2cc(Cl)ccc2Cl)sc2cc(OC)c(OC)cc21. The molecule has 142 valence electrons. The second-order valence-electron chi connectivity index (χ2n) is 5.75. The second kappa shape index (κ2) is 8.33. The number of ether oxygens (including phenoxy) is 2. The molecule has 5 nitrogen and oxygen atoms in total. The van der Waals surface area contributed by atoms with E-state index in [1.165, 1.54) is 17.4 Å². The number of benzene rings is 2. The number of nitrogens with zero attached hydrogens (tertiary/aromatic N) is 2. The van der Waals surface area contributed by atoms with Crippen LogP contribution in [0, 0.1) is 0 Å². The Morgan fingerprint density at radius 3 is 2.52 bits per heavy atom. The Bertz CT molecular complexity index is 1070. The van der Waals surface area contributed by atoms with Crippen molar-refractivity contribution < 1.29 is 14.3 Å². The summed E-state index contributed by atoms with van der Waals surface area (Å²) in [5, 5.41) is 0.754. The Morgan fingerprint density at radius 1 is 1.15 bits per heavy atom. The smallest absolute Gasteiger partial charge is 0.281 e. The predicted octanol–water partition coefficient (Wildman–Crippen LogP) is 5.18. The number of carbonyl (C=O) groups excluding carboxylic acids is 1. The Morgan fingerprint density at radius 2 is 1.85 bits per heavy atom. The third kappa shape index (κ3) is 3.98. The van der Waals surface area contributed by atoms with Gasteiger partial charge in [-0.2, -0.15) is 4.99 Å². The molecule has 0 unspecified atom stereocenters. The van der Waals surface area contributed by atoms with Gasteiger partial charge in [-0.25, -0.2) is 0 Å². The molecule has 0 spiro atoms. The summed E-state index contributed by atoms with van der Waals surface area (Å²) in [4.78, 5) is 17.6. The summed E-state index contributed by atoms with van der Waals surface area (Å²) in [6, 6.07) is 8.54. The minimum Gasteiger partial charge on any atom is -0.493 e. The van der Waals surface area contributed by atoms with Gasteiger partial charge in [0.1, 0.15) is 0 Å². The average molecular weight is 425 g/mol. The molecule has 0 radical (unpaired) electrons. The van der Waals surface area contributed by atoms with Crippen LogP contribution in [0.3, 0.4) is 0 Å². The summed E-state index contributed by atoms with van der Waals surface area (Å²) >= 11 is 13.5. The number of aromatic nitrogens is 1. The molecule has 0 aliphatic carbocycles. The molecule has 1 aromatic heterocycles. The number of carbonyl (C=O) groups is 1. The molecule has 0 N–H and O–H groups in total. The molecule has 3 rings (SSSR count). The maximum atomic E-state index is 12.7. The first kappa shape index (κ1) is 19.7. The summed E-state index contributed by atoms with van der Waals surface area (Å²) in [7, 11) is 3.18. The van der Waals surface area contributed by atoms with E-state index in [9.17, 15) is 4.79 Å². The minimum atomic E-state index is -0.433. The fourth-order valence-corrected chi connectivity index (χ4v) is 4.17. The van der Waals surface area contributed by atoms with E-state index in [4.69, 9.17) is 32.7 Å². The molecule has 1 amide bonds. The van der Waals surface area contributed by atoms with Crippen molar-refractivity contribution in [1.82, 2.24) is 4.57 Å². The zero-order valence-electron chi connectivity index (χ0n) is 15.1. The van der Waals surface area contributed by atoms with Crippen LogP contribution < -0.4 is 14.3 Å². The highest BCUT2D eigenvalue weighted by Gasteiger charge is 2.15. The van der Waals surface area contributed by atoms with Gasteiger partial charge in [-0.1, -0.05) is 41.5 Å². The van der Waals surface area contributed by atoms with E-state index in [1.807, 2.05) is 16.7 Å². The Kier molecular flexibility index (Phi) is 6.09. The van der Waals surface area contributed by atoms with E-state index in [1.54, 1.807) is 26.4 Å². The van der Waals surface area contributed by atoms with Crippen LogP contribution in [-0.2, 0) is 6.54 Å². The van der Waals surface area contributed by atoms with Crippen molar-refractivity contribution in [2.75, 3.05) is 14.2 Å². The quantitative estimate of drug-likeness (QED) is 0.566. The monoisotopic (exact) mass is 424 g/mol. The molecule has 0 fully saturated rings. The van der Waals surface area contributed by atoms with Gasteiger partial charge in [0.25, 0.3) is 5.91 Å². The van der Waals surface area contributed by atoms with Crippen molar-refractivity contribution in [3.8, 4) is 11.5 Å². The number of thiazole rings is 1. The molecule has 1 heterocycles. The van der Waals surface area contributed by atoms with Gasteiger partial charge in [0, 0.05) is 23.7 Å². The van der Waals surface area contributed by atoms with Crippen LogP contribution in [0.1, 0.15) is 23.7 Å². The summed E-state index contributed by atoms with van der Waals surface area (Å²) in [5.74, 6) is 0.826. The maximum Gasteiger partial charge on any atom is 0.281 e. The molecule has 0 saturated heterocycles. The van der Waals surface area contributed by atoms with Crippen LogP contribution in [0.5, 0.6) is 11.5 Å². The summed E-state index contributed by atoms with van der Waals surface area (Å²) in [6.07, 6.45) is 0.888. The predicted molar refractivity (Wildman–Crippen MR) is 110 cm³/mol. The standard InChI is InChI=1S/C19H18Cl2N2O3S/c1-4-7-23-14-9-15(25-2)16(26-3)10-17(14)27-19(23)22-18(24)12-8-11(20)5-6-13(12)21/h5-6,8-10H,4,7H2,1-3H3. The Balaban J connectivity index is 2.20. The lowest BCUT2D eigenvalue weighted by Gasteiger charge is -2.09.